The molecule has 7 heteroatoms. The molecule has 1 N–H and O–H groups in total. The van der Waals surface area contributed by atoms with Crippen molar-refractivity contribution >= 4 is 17.5 Å². The number of nitrogens with zero attached hydrogens (tertiary/aromatic N) is 4. The van der Waals surface area contributed by atoms with Crippen LogP contribution in [0.4, 0.5) is 5.95 Å². The Morgan fingerprint density at radius 1 is 1.29 bits per heavy atom. The molecule has 1 aliphatic rings. The highest BCUT2D eigenvalue weighted by atomic mass is 35.5. The topological polar surface area (TPSA) is 63.2 Å². The summed E-state index contributed by atoms with van der Waals surface area (Å²) in [5.74, 6) is 0.483. The van der Waals surface area contributed by atoms with Gasteiger partial charge in [-0.05, 0) is 44.6 Å². The number of likely N-dealkylation sites (tertiary alicyclic amines) is 1. The number of ether oxygens (including phenoxy) is 1. The molecule has 6 nitrogen and oxygen atoms in total. The Hall–Kier alpha value is -1.14. The van der Waals surface area contributed by atoms with Gasteiger partial charge in [0.15, 0.2) is 0 Å². The van der Waals surface area contributed by atoms with Gasteiger partial charge in [-0.25, -0.2) is 0 Å². The van der Waals surface area contributed by atoms with E-state index < -0.39 is 0 Å². The van der Waals surface area contributed by atoms with E-state index in [0.29, 0.717) is 12.0 Å². The summed E-state index contributed by atoms with van der Waals surface area (Å²) in [6.45, 7) is 2.15. The fraction of sp³-hybridized carbons (Fsp3) is 0.700. The van der Waals surface area contributed by atoms with Crippen LogP contribution in [0.1, 0.15) is 12.8 Å². The number of aromatic nitrogens is 3. The molecule has 0 radical (unpaired) electrons. The number of hydrogen-bond donors (Lipinski definition) is 1. The van der Waals surface area contributed by atoms with Crippen molar-refractivity contribution in [2.75, 3.05) is 32.6 Å². The molecule has 2 rings (SSSR count). The molecule has 2 heterocycles. The van der Waals surface area contributed by atoms with Crippen LogP contribution in [0.25, 0.3) is 0 Å². The van der Waals surface area contributed by atoms with Crippen molar-refractivity contribution in [3.63, 3.8) is 0 Å². The van der Waals surface area contributed by atoms with Crippen LogP contribution in [0, 0.1) is 0 Å². The van der Waals surface area contributed by atoms with E-state index in [9.17, 15) is 0 Å². The summed E-state index contributed by atoms with van der Waals surface area (Å²) in [4.78, 5) is 14.3. The molecule has 0 aromatic carbocycles. The van der Waals surface area contributed by atoms with Gasteiger partial charge in [0, 0.05) is 6.04 Å². The molecule has 0 amide bonds. The summed E-state index contributed by atoms with van der Waals surface area (Å²) in [6, 6.07) is 0.620. The molecular weight excluding hydrogens is 242 g/mol. The Bertz CT molecular complexity index is 381. The van der Waals surface area contributed by atoms with E-state index in [1.165, 1.54) is 7.11 Å². The normalized spacial score (nSPS) is 18.1. The monoisotopic (exact) mass is 257 g/mol. The summed E-state index contributed by atoms with van der Waals surface area (Å²) < 4.78 is 4.95. The van der Waals surface area contributed by atoms with Crippen molar-refractivity contribution in [2.24, 2.45) is 0 Å². The Morgan fingerprint density at radius 3 is 2.65 bits per heavy atom. The third-order valence-corrected chi connectivity index (χ3v) is 2.99. The van der Waals surface area contributed by atoms with Crippen molar-refractivity contribution in [1.82, 2.24) is 19.9 Å². The molecule has 17 heavy (non-hydrogen) atoms. The number of rotatable bonds is 3. The van der Waals surface area contributed by atoms with Crippen molar-refractivity contribution in [2.45, 2.75) is 18.9 Å². The molecule has 0 spiro atoms. The lowest BCUT2D eigenvalue weighted by Crippen LogP contribution is -2.37. The van der Waals surface area contributed by atoms with Crippen LogP contribution in [0.15, 0.2) is 0 Å². The van der Waals surface area contributed by atoms with Crippen molar-refractivity contribution in [3.8, 4) is 6.01 Å². The minimum Gasteiger partial charge on any atom is -0.467 e. The van der Waals surface area contributed by atoms with Gasteiger partial charge in [-0.15, -0.1) is 0 Å². The van der Waals surface area contributed by atoms with Crippen molar-refractivity contribution in [3.05, 3.63) is 5.28 Å². The lowest BCUT2D eigenvalue weighted by molar-refractivity contribution is 0.263. The van der Waals surface area contributed by atoms with Gasteiger partial charge in [-0.1, -0.05) is 0 Å². The maximum Gasteiger partial charge on any atom is 0.322 e. The van der Waals surface area contributed by atoms with Gasteiger partial charge in [0.05, 0.1) is 7.11 Å². The molecule has 0 unspecified atom stereocenters. The van der Waals surface area contributed by atoms with E-state index in [1.807, 2.05) is 0 Å². The number of nitrogens with one attached hydrogen (secondary N) is 1. The number of piperidine rings is 1. The minimum absolute atomic E-state index is 0.146. The van der Waals surface area contributed by atoms with Gasteiger partial charge in [-0.3, -0.25) is 0 Å². The third-order valence-electron chi connectivity index (χ3n) is 2.82. The van der Waals surface area contributed by atoms with Gasteiger partial charge < -0.3 is 15.0 Å². The Labute approximate surface area is 105 Å². The molecule has 1 aromatic heterocycles. The van der Waals surface area contributed by atoms with Crippen LogP contribution < -0.4 is 10.1 Å². The van der Waals surface area contributed by atoms with E-state index in [2.05, 4.69) is 32.2 Å². The van der Waals surface area contributed by atoms with Gasteiger partial charge in [0.1, 0.15) is 0 Å². The average Bonchev–Trinajstić information content (AvgIpc) is 2.31. The Balaban J connectivity index is 2.00. The average molecular weight is 258 g/mol. The number of hydrogen-bond acceptors (Lipinski definition) is 6. The van der Waals surface area contributed by atoms with Crippen LogP contribution in [0.5, 0.6) is 6.01 Å². The second-order valence-corrected chi connectivity index (χ2v) is 4.47. The van der Waals surface area contributed by atoms with Gasteiger partial charge in [0.25, 0.3) is 0 Å². The SMILES string of the molecule is COc1nc(Cl)nc(NC2CCN(C)CC2)n1. The molecule has 1 fully saturated rings. The number of halogens is 1. The fourth-order valence-electron chi connectivity index (χ4n) is 1.82. The first-order chi connectivity index (χ1) is 8.17. The zero-order valence-corrected chi connectivity index (χ0v) is 10.7. The fourth-order valence-corrected chi connectivity index (χ4v) is 1.98. The molecule has 1 saturated heterocycles. The Morgan fingerprint density at radius 2 is 2.00 bits per heavy atom. The van der Waals surface area contributed by atoms with Crippen LogP contribution >= 0.6 is 11.6 Å². The van der Waals surface area contributed by atoms with Crippen molar-refractivity contribution < 1.29 is 4.74 Å². The first-order valence-electron chi connectivity index (χ1n) is 5.58. The molecule has 0 bridgehead atoms. The summed E-state index contributed by atoms with van der Waals surface area (Å²) in [7, 11) is 3.63. The maximum atomic E-state index is 5.78. The van der Waals surface area contributed by atoms with Crippen LogP contribution in [0.2, 0.25) is 5.28 Å². The number of methoxy groups -OCH3 is 1. The first-order valence-corrected chi connectivity index (χ1v) is 5.96. The molecule has 1 aromatic rings. The van der Waals surface area contributed by atoms with E-state index in [1.54, 1.807) is 0 Å². The molecule has 0 aliphatic carbocycles. The second-order valence-electron chi connectivity index (χ2n) is 4.14. The Kier molecular flexibility index (Phi) is 3.96. The predicted octanol–water partition coefficient (Wildman–Crippen LogP) is 1.04. The van der Waals surface area contributed by atoms with Crippen molar-refractivity contribution in [1.29, 1.82) is 0 Å². The van der Waals surface area contributed by atoms with Crippen LogP contribution in [0.3, 0.4) is 0 Å². The van der Waals surface area contributed by atoms with E-state index in [4.69, 9.17) is 16.3 Å². The molecule has 0 saturated carbocycles. The summed E-state index contributed by atoms with van der Waals surface area (Å²) in [5, 5.41) is 3.41. The molecule has 0 atom stereocenters. The molecular formula is C10H16ClN5O. The van der Waals surface area contributed by atoms with Crippen LogP contribution in [-0.2, 0) is 0 Å². The van der Waals surface area contributed by atoms with Gasteiger partial charge >= 0.3 is 6.01 Å². The molecule has 94 valence electrons. The minimum atomic E-state index is 0.146. The van der Waals surface area contributed by atoms with Crippen LogP contribution in [-0.4, -0.2) is 53.1 Å². The lowest BCUT2D eigenvalue weighted by atomic mass is 10.1. The highest BCUT2D eigenvalue weighted by Crippen LogP contribution is 2.16. The van der Waals surface area contributed by atoms with Gasteiger partial charge in [0.2, 0.25) is 11.2 Å². The van der Waals surface area contributed by atoms with E-state index in [0.717, 1.165) is 25.9 Å². The standard InChI is InChI=1S/C10H16ClN5O/c1-16-5-3-7(4-6-16)12-9-13-8(11)14-10(15-9)17-2/h7H,3-6H2,1-2H3,(H,12,13,14,15). The highest BCUT2D eigenvalue weighted by molar-refractivity contribution is 6.28. The zero-order valence-electron chi connectivity index (χ0n) is 9.98. The number of anilines is 1. The largest absolute Gasteiger partial charge is 0.467 e. The lowest BCUT2D eigenvalue weighted by Gasteiger charge is -2.29. The summed E-state index contributed by atoms with van der Waals surface area (Å²) in [5.41, 5.74) is 0. The highest BCUT2D eigenvalue weighted by Gasteiger charge is 2.17. The predicted molar refractivity (Wildman–Crippen MR) is 65.5 cm³/mol. The molecule has 1 aliphatic heterocycles. The quantitative estimate of drug-likeness (QED) is 0.873. The zero-order chi connectivity index (χ0) is 12.3. The van der Waals surface area contributed by atoms with E-state index in [-0.39, 0.29) is 11.3 Å². The third kappa shape index (κ3) is 3.41. The second kappa shape index (κ2) is 5.46. The smallest absolute Gasteiger partial charge is 0.322 e. The maximum absolute atomic E-state index is 5.78. The first kappa shape index (κ1) is 12.3. The van der Waals surface area contributed by atoms with Gasteiger partial charge in [-0.2, -0.15) is 15.0 Å². The van der Waals surface area contributed by atoms with E-state index >= 15 is 0 Å². The summed E-state index contributed by atoms with van der Waals surface area (Å²) in [6.07, 6.45) is 2.14. The summed E-state index contributed by atoms with van der Waals surface area (Å²) >= 11 is 5.78.